The smallest absolute Gasteiger partial charge is 0.359 e. The third kappa shape index (κ3) is 2.63. The first-order chi connectivity index (χ1) is 6.54. The second kappa shape index (κ2) is 4.68. The number of likely N-dealkylation sites (N-methyl/N-ethyl adjacent to an activating group) is 1. The fraction of sp³-hybridized carbons (Fsp3) is 0.625. The molecule has 0 N–H and O–H groups in total. The molecule has 14 heavy (non-hydrogen) atoms. The number of Topliss-reactive ketones (excluding diaryl/α,β-unsaturated/α-hetero) is 1. The van der Waals surface area contributed by atoms with Crippen LogP contribution in [0.2, 0.25) is 0 Å². The summed E-state index contributed by atoms with van der Waals surface area (Å²) < 4.78 is 20.3. The number of ketones is 1. The van der Waals surface area contributed by atoms with Crippen LogP contribution in [0.5, 0.6) is 0 Å². The van der Waals surface area contributed by atoms with Crippen molar-refractivity contribution in [3.05, 3.63) is 11.8 Å². The van der Waals surface area contributed by atoms with Gasteiger partial charge >= 0.3 is 11.4 Å². The van der Waals surface area contributed by atoms with Crippen molar-refractivity contribution in [2.24, 2.45) is 0 Å². The van der Waals surface area contributed by atoms with Crippen molar-refractivity contribution in [1.29, 1.82) is 0 Å². The molecule has 0 radical (unpaired) electrons. The van der Waals surface area contributed by atoms with Gasteiger partial charge in [-0.05, 0) is 20.0 Å². The minimum Gasteiger partial charge on any atom is -0.383 e. The predicted octanol–water partition coefficient (Wildman–Crippen LogP) is 0.0150. The zero-order valence-electron chi connectivity index (χ0n) is 8.35. The quantitative estimate of drug-likeness (QED) is 0.667. The third-order valence-electron chi connectivity index (χ3n) is 1.95. The molecule has 0 saturated heterocycles. The van der Waals surface area contributed by atoms with E-state index in [2.05, 4.69) is 4.18 Å². The van der Waals surface area contributed by atoms with Crippen molar-refractivity contribution in [1.82, 2.24) is 4.90 Å². The lowest BCUT2D eigenvalue weighted by Crippen LogP contribution is -2.31. The van der Waals surface area contributed by atoms with E-state index < -0.39 is 11.4 Å². The van der Waals surface area contributed by atoms with Crippen LogP contribution in [0.3, 0.4) is 0 Å². The number of carbonyl (C=O) groups excluding carboxylic acids is 1. The van der Waals surface area contributed by atoms with Crippen LogP contribution in [0.1, 0.15) is 6.92 Å². The van der Waals surface area contributed by atoms with Crippen LogP contribution in [0.4, 0.5) is 0 Å². The van der Waals surface area contributed by atoms with E-state index in [1.807, 2.05) is 4.90 Å². The highest BCUT2D eigenvalue weighted by Gasteiger charge is 2.27. The average molecular weight is 219 g/mol. The Morgan fingerprint density at radius 3 is 2.79 bits per heavy atom. The Bertz CT molecular complexity index is 289. The van der Waals surface area contributed by atoms with Gasteiger partial charge in [0.1, 0.15) is 5.76 Å². The SMILES string of the molecule is COS(=O)OC1=CC(C(C)=O)N(C)C1. The highest BCUT2D eigenvalue weighted by molar-refractivity contribution is 7.75. The molecule has 0 amide bonds. The van der Waals surface area contributed by atoms with Crippen LogP contribution in [0.25, 0.3) is 0 Å². The maximum Gasteiger partial charge on any atom is 0.359 e. The number of rotatable bonds is 4. The summed E-state index contributed by atoms with van der Waals surface area (Å²) in [6.07, 6.45) is 1.65. The predicted molar refractivity (Wildman–Crippen MR) is 51.4 cm³/mol. The Morgan fingerprint density at radius 2 is 2.36 bits per heavy atom. The van der Waals surface area contributed by atoms with Gasteiger partial charge in [0.05, 0.1) is 19.7 Å². The number of carbonyl (C=O) groups is 1. The Morgan fingerprint density at radius 1 is 1.71 bits per heavy atom. The monoisotopic (exact) mass is 219 g/mol. The zero-order valence-corrected chi connectivity index (χ0v) is 9.17. The molecule has 0 aliphatic carbocycles. The summed E-state index contributed by atoms with van der Waals surface area (Å²) in [6, 6.07) is -0.279. The minimum absolute atomic E-state index is 0.0364. The molecule has 0 saturated carbocycles. The van der Waals surface area contributed by atoms with Gasteiger partial charge in [-0.15, -0.1) is 0 Å². The molecule has 5 nitrogen and oxygen atoms in total. The third-order valence-corrected chi connectivity index (χ3v) is 2.57. The lowest BCUT2D eigenvalue weighted by Gasteiger charge is -2.14. The number of hydrogen-bond acceptors (Lipinski definition) is 5. The van der Waals surface area contributed by atoms with Crippen LogP contribution in [0, 0.1) is 0 Å². The van der Waals surface area contributed by atoms with Gasteiger partial charge in [-0.1, -0.05) is 0 Å². The van der Waals surface area contributed by atoms with Gasteiger partial charge in [-0.3, -0.25) is 13.9 Å². The van der Waals surface area contributed by atoms with E-state index in [1.165, 1.54) is 14.0 Å². The molecule has 80 valence electrons. The van der Waals surface area contributed by atoms with E-state index in [9.17, 15) is 9.00 Å². The van der Waals surface area contributed by atoms with E-state index >= 15 is 0 Å². The largest absolute Gasteiger partial charge is 0.383 e. The van der Waals surface area contributed by atoms with Gasteiger partial charge in [0.2, 0.25) is 0 Å². The Labute approximate surface area is 85.5 Å². The van der Waals surface area contributed by atoms with Gasteiger partial charge in [0, 0.05) is 0 Å². The number of nitrogens with zero attached hydrogens (tertiary/aromatic N) is 1. The summed E-state index contributed by atoms with van der Waals surface area (Å²) in [4.78, 5) is 12.9. The lowest BCUT2D eigenvalue weighted by molar-refractivity contribution is -0.119. The summed E-state index contributed by atoms with van der Waals surface area (Å²) in [5.74, 6) is 0.544. The minimum atomic E-state index is -1.77. The molecule has 0 aromatic rings. The van der Waals surface area contributed by atoms with Crippen LogP contribution in [-0.2, 0) is 24.5 Å². The normalized spacial score (nSPS) is 24.5. The molecule has 0 fully saturated rings. The van der Waals surface area contributed by atoms with Crippen molar-refractivity contribution >= 4 is 17.1 Å². The molecule has 1 aliphatic rings. The van der Waals surface area contributed by atoms with Crippen molar-refractivity contribution in [3.63, 3.8) is 0 Å². The molecule has 2 unspecified atom stereocenters. The first kappa shape index (κ1) is 11.4. The molecule has 0 aromatic carbocycles. The van der Waals surface area contributed by atoms with Gasteiger partial charge < -0.3 is 4.18 Å². The van der Waals surface area contributed by atoms with E-state index in [1.54, 1.807) is 13.1 Å². The highest BCUT2D eigenvalue weighted by atomic mass is 32.2. The molecule has 0 spiro atoms. The van der Waals surface area contributed by atoms with Gasteiger partial charge in [0.25, 0.3) is 0 Å². The summed E-state index contributed by atoms with van der Waals surface area (Å²) in [7, 11) is 3.09. The fourth-order valence-electron chi connectivity index (χ4n) is 1.30. The summed E-state index contributed by atoms with van der Waals surface area (Å²) >= 11 is -1.77. The van der Waals surface area contributed by atoms with Gasteiger partial charge in [0.15, 0.2) is 5.78 Å². The molecule has 1 rings (SSSR count). The second-order valence-corrected chi connectivity index (χ2v) is 3.97. The Kier molecular flexibility index (Phi) is 3.79. The number of hydrogen-bond donors (Lipinski definition) is 0. The lowest BCUT2D eigenvalue weighted by atomic mass is 10.2. The first-order valence-electron chi connectivity index (χ1n) is 4.10. The highest BCUT2D eigenvalue weighted by Crippen LogP contribution is 2.17. The maximum absolute atomic E-state index is 11.1. The van der Waals surface area contributed by atoms with E-state index in [0.29, 0.717) is 12.3 Å². The van der Waals surface area contributed by atoms with Crippen molar-refractivity contribution < 1.29 is 17.4 Å². The average Bonchev–Trinajstić information content (AvgIpc) is 2.46. The molecule has 2 atom stereocenters. The van der Waals surface area contributed by atoms with Gasteiger partial charge in [-0.2, -0.15) is 4.21 Å². The topological polar surface area (TPSA) is 55.8 Å². The second-order valence-electron chi connectivity index (χ2n) is 3.06. The van der Waals surface area contributed by atoms with E-state index in [0.717, 1.165) is 0 Å². The van der Waals surface area contributed by atoms with Gasteiger partial charge in [-0.25, -0.2) is 0 Å². The Balaban J connectivity index is 2.61. The maximum atomic E-state index is 11.1. The molecule has 0 bridgehead atoms. The first-order valence-corrected chi connectivity index (χ1v) is 5.10. The summed E-state index contributed by atoms with van der Waals surface area (Å²) in [6.45, 7) is 1.98. The van der Waals surface area contributed by atoms with Crippen LogP contribution in [0.15, 0.2) is 11.8 Å². The van der Waals surface area contributed by atoms with Crippen molar-refractivity contribution in [2.45, 2.75) is 13.0 Å². The zero-order chi connectivity index (χ0) is 10.7. The van der Waals surface area contributed by atoms with Crippen LogP contribution in [-0.4, -0.2) is 41.6 Å². The molecular weight excluding hydrogens is 206 g/mol. The van der Waals surface area contributed by atoms with Crippen LogP contribution >= 0.6 is 0 Å². The molecular formula is C8H13NO4S. The van der Waals surface area contributed by atoms with E-state index in [-0.39, 0.29) is 11.8 Å². The van der Waals surface area contributed by atoms with Crippen molar-refractivity contribution in [2.75, 3.05) is 20.7 Å². The summed E-state index contributed by atoms with van der Waals surface area (Å²) in [5, 5.41) is 0. The molecule has 1 aliphatic heterocycles. The van der Waals surface area contributed by atoms with Crippen molar-refractivity contribution in [3.8, 4) is 0 Å². The Hall–Kier alpha value is -0.720. The van der Waals surface area contributed by atoms with Crippen LogP contribution < -0.4 is 0 Å². The van der Waals surface area contributed by atoms with E-state index in [4.69, 9.17) is 4.18 Å². The standard InChI is InChI=1S/C8H13NO4S/c1-6(10)8-4-7(5-9(8)2)13-14(11)12-3/h4,8H,5H2,1-3H3. The molecule has 0 aromatic heterocycles. The summed E-state index contributed by atoms with van der Waals surface area (Å²) in [5.41, 5.74) is 0. The molecule has 1 heterocycles. The fourth-order valence-corrected chi connectivity index (χ4v) is 1.65. The molecule has 6 heteroatoms.